The molecule has 92 valence electrons. The summed E-state index contributed by atoms with van der Waals surface area (Å²) in [6.45, 7) is 8.46. The molecule has 6 heteroatoms. The van der Waals surface area contributed by atoms with Gasteiger partial charge in [-0.3, -0.25) is 0 Å². The first-order valence-corrected chi connectivity index (χ1v) is 7.37. The van der Waals surface area contributed by atoms with E-state index in [4.69, 9.17) is 23.7 Å². The number of rotatable bonds is 10. The van der Waals surface area contributed by atoms with Crippen molar-refractivity contribution in [2.75, 3.05) is 39.2 Å². The first-order chi connectivity index (χ1) is 7.24. The highest BCUT2D eigenvalue weighted by Gasteiger charge is 2.41. The van der Waals surface area contributed by atoms with Gasteiger partial charge in [0.25, 0.3) is 0 Å². The van der Waals surface area contributed by atoms with Gasteiger partial charge in [-0.15, -0.1) is 0 Å². The zero-order valence-corrected chi connectivity index (χ0v) is 11.0. The van der Waals surface area contributed by atoms with Crippen molar-refractivity contribution < 1.29 is 18.0 Å². The molecule has 0 aromatic heterocycles. The van der Waals surface area contributed by atoms with E-state index < -0.39 is 8.80 Å². The van der Waals surface area contributed by atoms with Gasteiger partial charge < -0.3 is 23.7 Å². The van der Waals surface area contributed by atoms with Gasteiger partial charge in [0, 0.05) is 26.4 Å². The van der Waals surface area contributed by atoms with Crippen molar-refractivity contribution in [3.63, 3.8) is 0 Å². The van der Waals surface area contributed by atoms with Gasteiger partial charge in [0.15, 0.2) is 0 Å². The predicted octanol–water partition coefficient (Wildman–Crippen LogP) is 0.549. The molecule has 0 saturated carbocycles. The van der Waals surface area contributed by atoms with Crippen LogP contribution in [0.2, 0.25) is 0 Å². The first kappa shape index (κ1) is 15.0. The Hall–Kier alpha value is 0.0169. The smallest absolute Gasteiger partial charge is 0.376 e. The highest BCUT2D eigenvalue weighted by atomic mass is 28.4. The molecule has 5 nitrogen and oxygen atoms in total. The standard InChI is InChI=1S/C9H23NO4Si/c1-4-12-15(13-5-2,14-6-3)9-11-8-7-10/h4-10H2,1-3H3. The van der Waals surface area contributed by atoms with E-state index >= 15 is 0 Å². The Morgan fingerprint density at radius 1 is 0.933 bits per heavy atom. The second kappa shape index (κ2) is 9.26. The lowest BCUT2D eigenvalue weighted by atomic mass is 10.7. The second-order valence-electron chi connectivity index (χ2n) is 2.82. The molecule has 0 aliphatic rings. The van der Waals surface area contributed by atoms with E-state index in [1.54, 1.807) is 0 Å². The predicted molar refractivity (Wildman–Crippen MR) is 60.5 cm³/mol. The van der Waals surface area contributed by atoms with E-state index in [-0.39, 0.29) is 0 Å². The van der Waals surface area contributed by atoms with E-state index in [1.807, 2.05) is 20.8 Å². The van der Waals surface area contributed by atoms with Crippen molar-refractivity contribution >= 4 is 8.80 Å². The van der Waals surface area contributed by atoms with Crippen LogP contribution in [0.4, 0.5) is 0 Å². The highest BCUT2D eigenvalue weighted by molar-refractivity contribution is 6.60. The molecule has 0 amide bonds. The molecule has 0 spiro atoms. The first-order valence-electron chi connectivity index (χ1n) is 5.44. The molecular weight excluding hydrogens is 214 g/mol. The molecule has 0 unspecified atom stereocenters. The van der Waals surface area contributed by atoms with Gasteiger partial charge in [-0.05, 0) is 20.8 Å². The van der Waals surface area contributed by atoms with Crippen LogP contribution >= 0.6 is 0 Å². The van der Waals surface area contributed by atoms with Crippen LogP contribution in [-0.4, -0.2) is 48.0 Å². The van der Waals surface area contributed by atoms with Crippen LogP contribution in [0.5, 0.6) is 0 Å². The average Bonchev–Trinajstić information content (AvgIpc) is 2.19. The van der Waals surface area contributed by atoms with Crippen molar-refractivity contribution in [3.05, 3.63) is 0 Å². The molecule has 0 aromatic carbocycles. The molecular formula is C9H23NO4Si. The van der Waals surface area contributed by atoms with Crippen molar-refractivity contribution in [1.82, 2.24) is 0 Å². The Morgan fingerprint density at radius 2 is 1.40 bits per heavy atom. The molecule has 0 fully saturated rings. The number of hydrogen-bond acceptors (Lipinski definition) is 5. The Balaban J connectivity index is 4.18. The van der Waals surface area contributed by atoms with Crippen LogP contribution in [0, 0.1) is 0 Å². The number of hydrogen-bond donors (Lipinski definition) is 1. The second-order valence-corrected chi connectivity index (χ2v) is 5.34. The monoisotopic (exact) mass is 237 g/mol. The van der Waals surface area contributed by atoms with Gasteiger partial charge in [-0.1, -0.05) is 0 Å². The summed E-state index contributed by atoms with van der Waals surface area (Å²) in [5.41, 5.74) is 5.35. The van der Waals surface area contributed by atoms with Crippen LogP contribution in [0.25, 0.3) is 0 Å². The molecule has 0 aliphatic carbocycles. The van der Waals surface area contributed by atoms with E-state index in [2.05, 4.69) is 0 Å². The topological polar surface area (TPSA) is 62.9 Å². The summed E-state index contributed by atoms with van der Waals surface area (Å²) in [5.74, 6) is 0. The van der Waals surface area contributed by atoms with E-state index in [9.17, 15) is 0 Å². The molecule has 0 radical (unpaired) electrons. The summed E-state index contributed by atoms with van der Waals surface area (Å²) in [5, 5.41) is 0. The van der Waals surface area contributed by atoms with Gasteiger partial charge in [0.2, 0.25) is 0 Å². The van der Waals surface area contributed by atoms with Crippen LogP contribution in [-0.2, 0) is 18.0 Å². The lowest BCUT2D eigenvalue weighted by Crippen LogP contribution is -2.51. The van der Waals surface area contributed by atoms with Gasteiger partial charge in [-0.25, -0.2) is 0 Å². The van der Waals surface area contributed by atoms with Gasteiger partial charge in [0.1, 0.15) is 6.23 Å². The van der Waals surface area contributed by atoms with Crippen LogP contribution in [0.15, 0.2) is 0 Å². The quantitative estimate of drug-likeness (QED) is 0.444. The Kier molecular flexibility index (Phi) is 9.27. The summed E-state index contributed by atoms with van der Waals surface area (Å²) in [4.78, 5) is 0. The van der Waals surface area contributed by atoms with Gasteiger partial charge >= 0.3 is 8.80 Å². The van der Waals surface area contributed by atoms with Crippen molar-refractivity contribution in [1.29, 1.82) is 0 Å². The molecule has 0 aliphatic heterocycles. The molecule has 0 rings (SSSR count). The fourth-order valence-corrected chi connectivity index (χ4v) is 3.40. The third kappa shape index (κ3) is 6.24. The van der Waals surface area contributed by atoms with Crippen LogP contribution in [0.1, 0.15) is 20.8 Å². The van der Waals surface area contributed by atoms with E-state index in [1.165, 1.54) is 0 Å². The maximum atomic E-state index is 5.59. The lowest BCUT2D eigenvalue weighted by Gasteiger charge is -2.27. The minimum atomic E-state index is -2.61. The summed E-state index contributed by atoms with van der Waals surface area (Å²) in [7, 11) is -2.61. The largest absolute Gasteiger partial charge is 0.528 e. The van der Waals surface area contributed by atoms with Crippen LogP contribution < -0.4 is 5.73 Å². The molecule has 2 N–H and O–H groups in total. The molecule has 0 saturated heterocycles. The highest BCUT2D eigenvalue weighted by Crippen LogP contribution is 2.10. The fraction of sp³-hybridized carbons (Fsp3) is 1.00. The SMILES string of the molecule is CCO[Si](COCCN)(OCC)OCC. The summed E-state index contributed by atoms with van der Waals surface area (Å²) in [6, 6.07) is 0. The Morgan fingerprint density at radius 3 is 1.73 bits per heavy atom. The van der Waals surface area contributed by atoms with Gasteiger partial charge in [-0.2, -0.15) is 0 Å². The minimum Gasteiger partial charge on any atom is -0.376 e. The summed E-state index contributed by atoms with van der Waals surface area (Å²) >= 11 is 0. The zero-order valence-electron chi connectivity index (χ0n) is 9.95. The molecule has 0 heterocycles. The van der Waals surface area contributed by atoms with Crippen molar-refractivity contribution in [3.8, 4) is 0 Å². The maximum Gasteiger partial charge on any atom is 0.528 e. The number of nitrogens with two attached hydrogens (primary N) is 1. The molecule has 0 bridgehead atoms. The van der Waals surface area contributed by atoms with Gasteiger partial charge in [0.05, 0.1) is 6.61 Å². The van der Waals surface area contributed by atoms with E-state index in [0.29, 0.717) is 39.2 Å². The van der Waals surface area contributed by atoms with Crippen molar-refractivity contribution in [2.24, 2.45) is 5.73 Å². The van der Waals surface area contributed by atoms with Crippen LogP contribution in [0.3, 0.4) is 0 Å². The fourth-order valence-electron chi connectivity index (χ4n) is 1.19. The lowest BCUT2D eigenvalue weighted by molar-refractivity contribution is 0.0317. The van der Waals surface area contributed by atoms with Crippen molar-refractivity contribution in [2.45, 2.75) is 20.8 Å². The zero-order chi connectivity index (χ0) is 11.6. The van der Waals surface area contributed by atoms with E-state index in [0.717, 1.165) is 0 Å². The molecule has 15 heavy (non-hydrogen) atoms. The Bertz CT molecular complexity index is 131. The summed E-state index contributed by atoms with van der Waals surface area (Å²) < 4.78 is 22.1. The molecule has 0 atom stereocenters. The average molecular weight is 237 g/mol. The molecule has 0 aromatic rings. The maximum absolute atomic E-state index is 5.59. The summed E-state index contributed by atoms with van der Waals surface area (Å²) in [6.07, 6.45) is 0.375. The number of ether oxygens (including phenoxy) is 1. The normalized spacial score (nSPS) is 12.0. The Labute approximate surface area is 93.2 Å². The third-order valence-corrected chi connectivity index (χ3v) is 4.38. The third-order valence-electron chi connectivity index (χ3n) is 1.63. The minimum absolute atomic E-state index is 0.375.